The Morgan fingerprint density at radius 1 is 0.738 bits per heavy atom. The van der Waals surface area contributed by atoms with Gasteiger partial charge in [-0.3, -0.25) is 4.79 Å². The minimum Gasteiger partial charge on any atom is -0.459 e. The molecule has 42 heavy (non-hydrogen) atoms. The van der Waals surface area contributed by atoms with Crippen molar-refractivity contribution in [2.24, 2.45) is 0 Å². The van der Waals surface area contributed by atoms with Crippen LogP contribution in [0.3, 0.4) is 0 Å². The fraction of sp³-hybridized carbons (Fsp3) is 0.290. The third-order valence-corrected chi connectivity index (χ3v) is 6.28. The van der Waals surface area contributed by atoms with Crippen LogP contribution >= 0.6 is 0 Å². The first-order valence-electron chi connectivity index (χ1n) is 13.3. The minimum absolute atomic E-state index is 0.189. The highest BCUT2D eigenvalue weighted by Gasteiger charge is 2.52. The summed E-state index contributed by atoms with van der Waals surface area (Å²) in [4.78, 5) is 51.5. The van der Waals surface area contributed by atoms with Crippen molar-refractivity contribution in [3.63, 3.8) is 0 Å². The zero-order valence-electron chi connectivity index (χ0n) is 22.8. The SMILES string of the molecule is CC(=O)NC1C(OCCO)OC(COC(=O)c2ccccc2)C(OC(=O)c2ccccc2)C1OC(=O)c1ccccc1. The number of carbonyl (C=O) groups is 4. The van der Waals surface area contributed by atoms with E-state index in [1.165, 1.54) is 6.92 Å². The number of hydrogen-bond donors (Lipinski definition) is 2. The first kappa shape index (κ1) is 30.4. The normalized spacial score (nSPS) is 21.5. The van der Waals surface area contributed by atoms with Crippen LogP contribution in [0, 0.1) is 0 Å². The Balaban J connectivity index is 1.70. The van der Waals surface area contributed by atoms with Gasteiger partial charge >= 0.3 is 17.9 Å². The van der Waals surface area contributed by atoms with E-state index in [1.807, 2.05) is 0 Å². The van der Waals surface area contributed by atoms with Crippen molar-refractivity contribution in [1.82, 2.24) is 5.32 Å². The third-order valence-electron chi connectivity index (χ3n) is 6.28. The average Bonchev–Trinajstić information content (AvgIpc) is 3.02. The lowest BCUT2D eigenvalue weighted by molar-refractivity contribution is -0.270. The van der Waals surface area contributed by atoms with Crippen LogP contribution < -0.4 is 5.32 Å². The highest BCUT2D eigenvalue weighted by atomic mass is 16.7. The van der Waals surface area contributed by atoms with E-state index in [9.17, 15) is 24.3 Å². The molecule has 1 fully saturated rings. The molecule has 0 saturated carbocycles. The molecule has 5 atom stereocenters. The van der Waals surface area contributed by atoms with E-state index in [0.29, 0.717) is 0 Å². The van der Waals surface area contributed by atoms with Crippen molar-refractivity contribution in [3.8, 4) is 0 Å². The minimum atomic E-state index is -1.36. The highest BCUT2D eigenvalue weighted by molar-refractivity contribution is 5.91. The predicted octanol–water partition coefficient (Wildman–Crippen LogP) is 2.53. The lowest BCUT2D eigenvalue weighted by atomic mass is 9.95. The summed E-state index contributed by atoms with van der Waals surface area (Å²) in [6.07, 6.45) is -5.19. The van der Waals surface area contributed by atoms with Gasteiger partial charge in [0.05, 0.1) is 29.9 Å². The first-order valence-corrected chi connectivity index (χ1v) is 13.3. The van der Waals surface area contributed by atoms with Crippen LogP contribution in [0.1, 0.15) is 38.0 Å². The Hall–Kier alpha value is -4.58. The summed E-state index contributed by atoms with van der Waals surface area (Å²) in [5.74, 6) is -2.70. The molecule has 1 saturated heterocycles. The topological polar surface area (TPSA) is 147 Å². The van der Waals surface area contributed by atoms with E-state index in [1.54, 1.807) is 91.0 Å². The van der Waals surface area contributed by atoms with Crippen LogP contribution in [0.5, 0.6) is 0 Å². The summed E-state index contributed by atoms with van der Waals surface area (Å²) in [6, 6.07) is 23.3. The van der Waals surface area contributed by atoms with E-state index in [2.05, 4.69) is 5.32 Å². The molecule has 0 aliphatic carbocycles. The van der Waals surface area contributed by atoms with Crippen LogP contribution in [0.4, 0.5) is 0 Å². The molecular formula is C31H31NO10. The average molecular weight is 578 g/mol. The summed E-state index contributed by atoms with van der Waals surface area (Å²) >= 11 is 0. The molecule has 5 unspecified atom stereocenters. The van der Waals surface area contributed by atoms with E-state index < -0.39 is 61.1 Å². The van der Waals surface area contributed by atoms with Crippen molar-refractivity contribution in [2.75, 3.05) is 19.8 Å². The van der Waals surface area contributed by atoms with Crippen molar-refractivity contribution < 1.29 is 48.0 Å². The summed E-state index contributed by atoms with van der Waals surface area (Å²) < 4.78 is 29.0. The summed E-state index contributed by atoms with van der Waals surface area (Å²) in [6.45, 7) is 0.260. The Bertz CT molecular complexity index is 1340. The van der Waals surface area contributed by atoms with Crippen molar-refractivity contribution in [1.29, 1.82) is 0 Å². The zero-order valence-corrected chi connectivity index (χ0v) is 22.8. The van der Waals surface area contributed by atoms with Gasteiger partial charge in [-0.1, -0.05) is 54.6 Å². The van der Waals surface area contributed by atoms with Crippen molar-refractivity contribution >= 4 is 23.8 Å². The fourth-order valence-corrected chi connectivity index (χ4v) is 4.37. The molecule has 1 amide bonds. The van der Waals surface area contributed by atoms with Gasteiger partial charge in [-0.15, -0.1) is 0 Å². The second-order valence-electron chi connectivity index (χ2n) is 9.30. The van der Waals surface area contributed by atoms with E-state index in [0.717, 1.165) is 0 Å². The van der Waals surface area contributed by atoms with E-state index >= 15 is 0 Å². The Kier molecular flexibility index (Phi) is 10.8. The molecule has 2 N–H and O–H groups in total. The number of hydrogen-bond acceptors (Lipinski definition) is 10. The van der Waals surface area contributed by atoms with Gasteiger partial charge in [0, 0.05) is 6.92 Å². The summed E-state index contributed by atoms with van der Waals surface area (Å²) in [5.41, 5.74) is 0.696. The summed E-state index contributed by atoms with van der Waals surface area (Å²) in [5, 5.41) is 12.1. The third kappa shape index (κ3) is 8.00. The van der Waals surface area contributed by atoms with Crippen LogP contribution in [0.25, 0.3) is 0 Å². The standard InChI is InChI=1S/C31H31NO10/c1-20(34)32-25-27(42-30(37)23-15-9-4-10-16-23)26(41-29(36)22-13-7-3-8-14-22)24(40-31(25)38-18-17-33)19-39-28(35)21-11-5-2-6-12-21/h2-16,24-27,31,33H,17-19H2,1H3,(H,32,34). The number of carbonyl (C=O) groups excluding carboxylic acids is 4. The maximum atomic E-state index is 13.2. The molecule has 0 spiro atoms. The van der Waals surface area contributed by atoms with Gasteiger partial charge in [-0.2, -0.15) is 0 Å². The smallest absolute Gasteiger partial charge is 0.338 e. The van der Waals surface area contributed by atoms with Gasteiger partial charge in [0.25, 0.3) is 0 Å². The number of aliphatic hydroxyl groups is 1. The number of rotatable bonds is 11. The second kappa shape index (κ2) is 14.9. The molecule has 4 rings (SSSR count). The zero-order chi connectivity index (χ0) is 29.9. The van der Waals surface area contributed by atoms with E-state index in [4.69, 9.17) is 23.7 Å². The maximum Gasteiger partial charge on any atom is 0.338 e. The van der Waals surface area contributed by atoms with Gasteiger partial charge < -0.3 is 34.1 Å². The number of aliphatic hydroxyl groups excluding tert-OH is 1. The van der Waals surface area contributed by atoms with Gasteiger partial charge in [0.2, 0.25) is 5.91 Å². The monoisotopic (exact) mass is 577 g/mol. The molecule has 0 bridgehead atoms. The second-order valence-corrected chi connectivity index (χ2v) is 9.30. The molecule has 3 aromatic rings. The Morgan fingerprint density at radius 3 is 1.69 bits per heavy atom. The van der Waals surface area contributed by atoms with Gasteiger partial charge in [-0.05, 0) is 36.4 Å². The quantitative estimate of drug-likeness (QED) is 0.257. The Labute approximate surface area is 242 Å². The van der Waals surface area contributed by atoms with Crippen LogP contribution in [0.2, 0.25) is 0 Å². The van der Waals surface area contributed by atoms with Gasteiger partial charge in [0.15, 0.2) is 18.5 Å². The lowest BCUT2D eigenvalue weighted by Crippen LogP contribution is -2.66. The molecule has 1 heterocycles. The van der Waals surface area contributed by atoms with Crippen molar-refractivity contribution in [2.45, 2.75) is 37.6 Å². The number of esters is 3. The molecule has 1 aliphatic rings. The molecular weight excluding hydrogens is 546 g/mol. The maximum absolute atomic E-state index is 13.2. The molecule has 11 heteroatoms. The fourth-order valence-electron chi connectivity index (χ4n) is 4.37. The van der Waals surface area contributed by atoms with Crippen LogP contribution in [0.15, 0.2) is 91.0 Å². The number of ether oxygens (including phenoxy) is 5. The van der Waals surface area contributed by atoms with Gasteiger partial charge in [0.1, 0.15) is 18.8 Å². The molecule has 220 valence electrons. The largest absolute Gasteiger partial charge is 0.459 e. The van der Waals surface area contributed by atoms with E-state index in [-0.39, 0.29) is 29.9 Å². The first-order chi connectivity index (χ1) is 20.4. The summed E-state index contributed by atoms with van der Waals surface area (Å²) in [7, 11) is 0. The molecule has 0 radical (unpaired) electrons. The molecule has 11 nitrogen and oxygen atoms in total. The Morgan fingerprint density at radius 2 is 1.21 bits per heavy atom. The van der Waals surface area contributed by atoms with Gasteiger partial charge in [-0.25, -0.2) is 14.4 Å². The molecule has 3 aromatic carbocycles. The van der Waals surface area contributed by atoms with Crippen LogP contribution in [-0.2, 0) is 28.5 Å². The number of amides is 1. The van der Waals surface area contributed by atoms with Crippen molar-refractivity contribution in [3.05, 3.63) is 108 Å². The number of benzene rings is 3. The predicted molar refractivity (Wildman–Crippen MR) is 147 cm³/mol. The van der Waals surface area contributed by atoms with Crippen LogP contribution in [-0.4, -0.2) is 79.4 Å². The lowest BCUT2D eigenvalue weighted by Gasteiger charge is -2.45. The molecule has 0 aromatic heterocycles. The number of nitrogens with one attached hydrogen (secondary N) is 1. The highest BCUT2D eigenvalue weighted by Crippen LogP contribution is 2.29. The molecule has 1 aliphatic heterocycles.